The minimum Gasteiger partial charge on any atom is -0.405 e. The number of H-pyrrole nitrogens is 1. The number of fused-ring (bicyclic) bond motifs is 2. The molecule has 0 saturated heterocycles. The van der Waals surface area contributed by atoms with Crippen molar-refractivity contribution in [3.63, 3.8) is 0 Å². The Morgan fingerprint density at radius 2 is 2.24 bits per heavy atom. The normalized spacial score (nSPS) is 15.2. The maximum atomic E-state index is 12.7. The number of aromatic nitrogens is 3. The van der Waals surface area contributed by atoms with Gasteiger partial charge in [0.25, 0.3) is 0 Å². The fourth-order valence-electron chi connectivity index (χ4n) is 2.79. The van der Waals surface area contributed by atoms with Crippen LogP contribution in [0.2, 0.25) is 0 Å². The number of methoxy groups -OCH3 is 1. The second-order valence-electron chi connectivity index (χ2n) is 5.73. The molecule has 25 heavy (non-hydrogen) atoms. The molecule has 0 spiro atoms. The van der Waals surface area contributed by atoms with E-state index in [4.69, 9.17) is 9.57 Å². The molecule has 1 unspecified atom stereocenters. The summed E-state index contributed by atoms with van der Waals surface area (Å²) in [5.74, 6) is 1.06. The van der Waals surface area contributed by atoms with Gasteiger partial charge < -0.3 is 14.6 Å². The Morgan fingerprint density at radius 1 is 1.36 bits per heavy atom. The quantitative estimate of drug-likeness (QED) is 0.726. The number of imidazole rings is 1. The summed E-state index contributed by atoms with van der Waals surface area (Å²) in [6, 6.07) is 9.48. The third kappa shape index (κ3) is 3.28. The zero-order chi connectivity index (χ0) is 17.2. The summed E-state index contributed by atoms with van der Waals surface area (Å²) in [5, 5.41) is 2.29. The summed E-state index contributed by atoms with van der Waals surface area (Å²) >= 11 is 0. The predicted octanol–water partition coefficient (Wildman–Crippen LogP) is 2.02. The molecule has 130 valence electrons. The number of ether oxygens (including phenoxy) is 1. The van der Waals surface area contributed by atoms with E-state index in [-0.39, 0.29) is 0 Å². The van der Waals surface area contributed by atoms with Gasteiger partial charge >= 0.3 is 0 Å². The van der Waals surface area contributed by atoms with E-state index in [1.54, 1.807) is 13.3 Å². The van der Waals surface area contributed by atoms with Crippen LogP contribution in [-0.2, 0) is 27.8 Å². The lowest BCUT2D eigenvalue weighted by Crippen LogP contribution is -2.25. The molecule has 0 fully saturated rings. The molecule has 7 nitrogen and oxygen atoms in total. The zero-order valence-electron chi connectivity index (χ0n) is 13.8. The van der Waals surface area contributed by atoms with Crippen LogP contribution in [-0.4, -0.2) is 44.5 Å². The first-order chi connectivity index (χ1) is 12.2. The van der Waals surface area contributed by atoms with Gasteiger partial charge in [0, 0.05) is 24.9 Å². The van der Waals surface area contributed by atoms with Gasteiger partial charge in [0.2, 0.25) is 0 Å². The number of hydrogen-bond donors (Lipinski definition) is 1. The van der Waals surface area contributed by atoms with E-state index in [2.05, 4.69) is 15.0 Å². The van der Waals surface area contributed by atoms with E-state index in [9.17, 15) is 4.21 Å². The lowest BCUT2D eigenvalue weighted by Gasteiger charge is -2.12. The number of nitrogens with zero attached hydrogens (tertiary/aromatic N) is 3. The lowest BCUT2D eigenvalue weighted by molar-refractivity contribution is -0.0568. The summed E-state index contributed by atoms with van der Waals surface area (Å²) in [4.78, 5) is 17.7. The van der Waals surface area contributed by atoms with Crippen molar-refractivity contribution in [2.24, 2.45) is 0 Å². The van der Waals surface area contributed by atoms with Crippen LogP contribution in [0.15, 0.2) is 41.7 Å². The third-order valence-electron chi connectivity index (χ3n) is 4.06. The fraction of sp³-hybridized carbons (Fsp3) is 0.294. The van der Waals surface area contributed by atoms with Crippen LogP contribution in [0.5, 0.6) is 5.75 Å². The molecule has 1 aliphatic heterocycles. The minimum atomic E-state index is -1.30. The van der Waals surface area contributed by atoms with E-state index in [1.807, 2.05) is 35.4 Å². The van der Waals surface area contributed by atoms with Crippen molar-refractivity contribution in [1.82, 2.24) is 20.0 Å². The van der Waals surface area contributed by atoms with Gasteiger partial charge in [-0.15, -0.1) is 5.06 Å². The van der Waals surface area contributed by atoms with Gasteiger partial charge in [-0.3, -0.25) is 9.19 Å². The number of nitrogens with one attached hydrogen (secondary N) is 1. The molecule has 0 aliphatic carbocycles. The Hall–Kier alpha value is -2.29. The van der Waals surface area contributed by atoms with Crippen molar-refractivity contribution >= 4 is 21.8 Å². The maximum absolute atomic E-state index is 12.7. The highest BCUT2D eigenvalue weighted by Crippen LogP contribution is 2.30. The second-order valence-corrected chi connectivity index (χ2v) is 7.10. The maximum Gasteiger partial charge on any atom is 0.197 e. The van der Waals surface area contributed by atoms with E-state index in [1.165, 1.54) is 0 Å². The lowest BCUT2D eigenvalue weighted by atomic mass is 10.2. The van der Waals surface area contributed by atoms with Crippen molar-refractivity contribution in [1.29, 1.82) is 0 Å². The van der Waals surface area contributed by atoms with Gasteiger partial charge in [-0.25, -0.2) is 4.98 Å². The minimum absolute atomic E-state index is 0.296. The first-order valence-electron chi connectivity index (χ1n) is 7.96. The summed E-state index contributed by atoms with van der Waals surface area (Å²) < 4.78 is 17.8. The Labute approximate surface area is 147 Å². The van der Waals surface area contributed by atoms with Crippen LogP contribution in [0.3, 0.4) is 0 Å². The molecular formula is C17H18N4O3S. The van der Waals surface area contributed by atoms with Crippen molar-refractivity contribution in [3.8, 4) is 5.75 Å². The third-order valence-corrected chi connectivity index (χ3v) is 5.22. The van der Waals surface area contributed by atoms with Crippen LogP contribution < -0.4 is 4.84 Å². The molecule has 1 atom stereocenters. The van der Waals surface area contributed by atoms with Gasteiger partial charge in [0.15, 0.2) is 10.9 Å². The molecule has 8 heteroatoms. The van der Waals surface area contributed by atoms with Crippen molar-refractivity contribution in [3.05, 3.63) is 47.8 Å². The van der Waals surface area contributed by atoms with Gasteiger partial charge in [-0.2, -0.15) is 0 Å². The number of hydroxylamine groups is 2. The highest BCUT2D eigenvalue weighted by Gasteiger charge is 2.25. The second kappa shape index (κ2) is 6.91. The standard InChI is InChI=1S/C17H18N4O3S/c1-23-9-8-21-10-12-15(18-7-6-16(12)24-21)11-25(22)17-19-13-4-2-3-5-14(13)20-17/h2-7H,8-11H2,1H3,(H,19,20). The number of para-hydroxylation sites is 2. The Kier molecular flexibility index (Phi) is 4.48. The van der Waals surface area contributed by atoms with Crippen LogP contribution in [0.4, 0.5) is 0 Å². The summed E-state index contributed by atoms with van der Waals surface area (Å²) in [7, 11) is 0.355. The Balaban J connectivity index is 1.54. The molecule has 0 saturated carbocycles. The zero-order valence-corrected chi connectivity index (χ0v) is 14.6. The average Bonchev–Trinajstić information content (AvgIpc) is 3.24. The average molecular weight is 358 g/mol. The van der Waals surface area contributed by atoms with Crippen LogP contribution in [0.25, 0.3) is 11.0 Å². The largest absolute Gasteiger partial charge is 0.405 e. The number of aromatic amines is 1. The molecule has 1 N–H and O–H groups in total. The van der Waals surface area contributed by atoms with E-state index in [0.717, 1.165) is 28.0 Å². The number of benzene rings is 1. The predicted molar refractivity (Wildman–Crippen MR) is 93.4 cm³/mol. The molecule has 0 radical (unpaired) electrons. The molecule has 3 heterocycles. The molecule has 4 rings (SSSR count). The topological polar surface area (TPSA) is 80.3 Å². The van der Waals surface area contributed by atoms with Crippen LogP contribution >= 0.6 is 0 Å². The van der Waals surface area contributed by atoms with Gasteiger partial charge in [-0.05, 0) is 12.1 Å². The number of hydrogen-bond acceptors (Lipinski definition) is 6. The Morgan fingerprint density at radius 3 is 3.08 bits per heavy atom. The van der Waals surface area contributed by atoms with Gasteiger partial charge in [0.05, 0.1) is 53.0 Å². The summed E-state index contributed by atoms with van der Waals surface area (Å²) in [6.45, 7) is 1.86. The molecule has 0 bridgehead atoms. The van der Waals surface area contributed by atoms with E-state index < -0.39 is 10.8 Å². The Bertz CT molecular complexity index is 894. The first-order valence-corrected chi connectivity index (χ1v) is 9.28. The summed E-state index contributed by atoms with van der Waals surface area (Å²) in [5.41, 5.74) is 3.44. The number of pyridine rings is 1. The van der Waals surface area contributed by atoms with Gasteiger partial charge in [-0.1, -0.05) is 12.1 Å². The monoisotopic (exact) mass is 358 g/mol. The molecule has 2 aromatic heterocycles. The van der Waals surface area contributed by atoms with E-state index in [0.29, 0.717) is 30.6 Å². The van der Waals surface area contributed by atoms with Crippen LogP contribution in [0.1, 0.15) is 11.3 Å². The number of rotatable bonds is 6. The van der Waals surface area contributed by atoms with Crippen molar-refractivity contribution < 1.29 is 13.8 Å². The highest BCUT2D eigenvalue weighted by molar-refractivity contribution is 7.84. The van der Waals surface area contributed by atoms with Crippen LogP contribution in [0, 0.1) is 0 Å². The molecule has 3 aromatic rings. The fourth-order valence-corrected chi connectivity index (χ4v) is 3.85. The van der Waals surface area contributed by atoms with Crippen molar-refractivity contribution in [2.45, 2.75) is 17.5 Å². The summed E-state index contributed by atoms with van der Waals surface area (Å²) in [6.07, 6.45) is 1.68. The van der Waals surface area contributed by atoms with Gasteiger partial charge in [0.1, 0.15) is 0 Å². The molecule has 1 aromatic carbocycles. The molecular weight excluding hydrogens is 340 g/mol. The molecule has 0 amide bonds. The van der Waals surface area contributed by atoms with Crippen molar-refractivity contribution in [2.75, 3.05) is 20.3 Å². The highest BCUT2D eigenvalue weighted by atomic mass is 32.2. The molecule has 1 aliphatic rings. The SMILES string of the molecule is COCCN1Cc2c(ccnc2CS(=O)c2nc3ccccc3[nH]2)O1. The smallest absolute Gasteiger partial charge is 0.197 e. The van der Waals surface area contributed by atoms with E-state index >= 15 is 0 Å². The first kappa shape index (κ1) is 16.2.